The highest BCUT2D eigenvalue weighted by Gasteiger charge is 2.19. The van der Waals surface area contributed by atoms with Gasteiger partial charge < -0.3 is 5.84 Å². The van der Waals surface area contributed by atoms with Crippen LogP contribution in [-0.2, 0) is 10.1 Å². The highest BCUT2D eigenvalue weighted by Crippen LogP contribution is 2.38. The number of hydrogen-bond acceptors (Lipinski definition) is 7. The number of hydrogen-bond donors (Lipinski definition) is 4. The number of rotatable bonds is 6. The maximum absolute atomic E-state index is 12.0. The van der Waals surface area contributed by atoms with Crippen molar-refractivity contribution < 1.29 is 13.0 Å². The summed E-state index contributed by atoms with van der Waals surface area (Å²) in [5.74, 6) is 5.27. The smallest absolute Gasteiger partial charge is 0.295 e. The number of aromatic nitrogens is 1. The van der Waals surface area contributed by atoms with Gasteiger partial charge in [-0.05, 0) is 31.2 Å². The molecule has 0 atom stereocenters. The molecular weight excluding hydrogens is 428 g/mol. The van der Waals surface area contributed by atoms with Crippen molar-refractivity contribution in [2.45, 2.75) is 11.8 Å². The lowest BCUT2D eigenvalue weighted by atomic mass is 10.1. The minimum atomic E-state index is -4.49. The van der Waals surface area contributed by atoms with Gasteiger partial charge in [0, 0.05) is 16.3 Å². The van der Waals surface area contributed by atoms with Crippen LogP contribution in [0.4, 0.5) is 17.1 Å². The second-order valence-corrected chi connectivity index (χ2v) is 8.45. The van der Waals surface area contributed by atoms with Crippen LogP contribution in [0.2, 0.25) is 0 Å². The topological polar surface area (TPSA) is 142 Å². The number of benzene rings is 3. The van der Waals surface area contributed by atoms with E-state index in [1.54, 1.807) is 30.5 Å². The third kappa shape index (κ3) is 4.36. The van der Waals surface area contributed by atoms with E-state index >= 15 is 0 Å². The first-order chi connectivity index (χ1) is 15.4. The van der Waals surface area contributed by atoms with Gasteiger partial charge in [0.1, 0.15) is 10.6 Å². The van der Waals surface area contributed by atoms with Crippen LogP contribution in [0.5, 0.6) is 0 Å². The van der Waals surface area contributed by atoms with Crippen LogP contribution in [0.15, 0.2) is 88.2 Å². The Morgan fingerprint density at radius 3 is 2.41 bits per heavy atom. The van der Waals surface area contributed by atoms with Crippen LogP contribution in [-0.4, -0.2) is 18.0 Å². The van der Waals surface area contributed by atoms with Gasteiger partial charge in [-0.1, -0.05) is 53.3 Å². The van der Waals surface area contributed by atoms with Crippen molar-refractivity contribution in [2.24, 2.45) is 16.2 Å². The second kappa shape index (κ2) is 8.61. The normalized spacial score (nSPS) is 11.7. The van der Waals surface area contributed by atoms with E-state index in [0.717, 1.165) is 16.8 Å². The number of pyridine rings is 1. The minimum Gasteiger partial charge on any atom is -0.305 e. The van der Waals surface area contributed by atoms with Crippen molar-refractivity contribution in [3.63, 3.8) is 0 Å². The van der Waals surface area contributed by atoms with Gasteiger partial charge in [-0.15, -0.1) is 5.11 Å². The molecule has 1 aromatic heterocycles. The number of nitrogens with one attached hydrogen (secondary N) is 2. The molecule has 0 unspecified atom stereocenters. The summed E-state index contributed by atoms with van der Waals surface area (Å²) in [5, 5.41) is 8.04. The Balaban J connectivity index is 1.68. The summed E-state index contributed by atoms with van der Waals surface area (Å²) in [6.07, 6.45) is 1.64. The van der Waals surface area contributed by atoms with Crippen LogP contribution < -0.4 is 16.7 Å². The predicted octanol–water partition coefficient (Wildman–Crippen LogP) is 4.85. The van der Waals surface area contributed by atoms with Crippen LogP contribution in [0, 0.1) is 6.92 Å². The standard InChI is InChI=1S/C22H20N6O3S/c1-14-5-4-6-15(11-14)19-10-9-16(13-24-19)25-26-20-12-21(32(29,30)31)17-7-2-3-8-18(17)22(20)27-28-23/h2-13,25-26H,1H3,(H2,23,27)(H,29,30,31). The fraction of sp³-hybridized carbons (Fsp3) is 0.0455. The summed E-state index contributed by atoms with van der Waals surface area (Å²) < 4.78 is 33.6. The molecule has 4 rings (SSSR count). The van der Waals surface area contributed by atoms with Crippen molar-refractivity contribution in [2.75, 3.05) is 10.9 Å². The SMILES string of the molecule is Cc1cccc(-c2ccc(NNc3cc(S(=O)(=O)O)c4ccccc4c3N=NN)cn2)c1. The Kier molecular flexibility index (Phi) is 5.71. The molecule has 0 saturated heterocycles. The number of aryl methyl sites for hydroxylation is 1. The van der Waals surface area contributed by atoms with Crippen molar-refractivity contribution in [3.05, 3.63) is 78.5 Å². The molecule has 10 heteroatoms. The molecule has 162 valence electrons. The summed E-state index contributed by atoms with van der Waals surface area (Å²) in [5.41, 5.74) is 10.0. The zero-order chi connectivity index (χ0) is 22.7. The second-order valence-electron chi connectivity index (χ2n) is 7.06. The van der Waals surface area contributed by atoms with Crippen molar-refractivity contribution >= 4 is 38.0 Å². The van der Waals surface area contributed by atoms with E-state index in [0.29, 0.717) is 22.1 Å². The lowest BCUT2D eigenvalue weighted by Gasteiger charge is -2.15. The molecule has 0 aliphatic heterocycles. The third-order valence-corrected chi connectivity index (χ3v) is 5.73. The molecule has 9 nitrogen and oxygen atoms in total. The molecule has 4 aromatic rings. The first-order valence-electron chi connectivity index (χ1n) is 9.56. The molecule has 0 spiro atoms. The van der Waals surface area contributed by atoms with Gasteiger partial charge in [-0.25, -0.2) is 0 Å². The van der Waals surface area contributed by atoms with E-state index in [4.69, 9.17) is 5.84 Å². The van der Waals surface area contributed by atoms with E-state index in [1.165, 1.54) is 6.07 Å². The first kappa shape index (κ1) is 21.2. The number of anilines is 2. The summed E-state index contributed by atoms with van der Waals surface area (Å²) in [6, 6.07) is 19.6. The van der Waals surface area contributed by atoms with E-state index in [9.17, 15) is 13.0 Å². The van der Waals surface area contributed by atoms with Crippen molar-refractivity contribution in [1.82, 2.24) is 4.98 Å². The van der Waals surface area contributed by atoms with Gasteiger partial charge in [0.2, 0.25) is 0 Å². The van der Waals surface area contributed by atoms with Crippen molar-refractivity contribution in [3.8, 4) is 11.3 Å². The molecular formula is C22H20N6O3S. The van der Waals surface area contributed by atoms with Gasteiger partial charge in [-0.3, -0.25) is 20.4 Å². The number of nitrogens with two attached hydrogens (primary N) is 1. The molecule has 0 saturated carbocycles. The van der Waals surface area contributed by atoms with E-state index in [2.05, 4.69) is 26.2 Å². The van der Waals surface area contributed by atoms with E-state index in [1.807, 2.05) is 43.3 Å². The molecule has 3 aromatic carbocycles. The van der Waals surface area contributed by atoms with Gasteiger partial charge in [0.15, 0.2) is 0 Å². The molecule has 0 radical (unpaired) electrons. The minimum absolute atomic E-state index is 0.258. The van der Waals surface area contributed by atoms with E-state index < -0.39 is 10.1 Å². The zero-order valence-electron chi connectivity index (χ0n) is 17.0. The van der Waals surface area contributed by atoms with Crippen molar-refractivity contribution in [1.29, 1.82) is 0 Å². The quantitative estimate of drug-likeness (QED) is 0.143. The Morgan fingerprint density at radius 2 is 1.75 bits per heavy atom. The molecule has 32 heavy (non-hydrogen) atoms. The van der Waals surface area contributed by atoms with Crippen LogP contribution >= 0.6 is 0 Å². The summed E-state index contributed by atoms with van der Waals surface area (Å²) in [7, 11) is -4.49. The molecule has 5 N–H and O–H groups in total. The van der Waals surface area contributed by atoms with Gasteiger partial charge >= 0.3 is 0 Å². The van der Waals surface area contributed by atoms with Gasteiger partial charge in [-0.2, -0.15) is 8.42 Å². The average molecular weight is 449 g/mol. The Morgan fingerprint density at radius 1 is 0.969 bits per heavy atom. The highest BCUT2D eigenvalue weighted by molar-refractivity contribution is 7.86. The maximum atomic E-state index is 12.0. The largest absolute Gasteiger partial charge is 0.305 e. The monoisotopic (exact) mass is 448 g/mol. The third-order valence-electron chi connectivity index (χ3n) is 4.83. The summed E-state index contributed by atoms with van der Waals surface area (Å²) in [4.78, 5) is 4.20. The number of hydrazine groups is 1. The lowest BCUT2D eigenvalue weighted by molar-refractivity contribution is 0.484. The Labute approximate surface area is 184 Å². The number of fused-ring (bicyclic) bond motifs is 1. The summed E-state index contributed by atoms with van der Waals surface area (Å²) in [6.45, 7) is 2.02. The van der Waals surface area contributed by atoms with Gasteiger partial charge in [0.25, 0.3) is 10.1 Å². The highest BCUT2D eigenvalue weighted by atomic mass is 32.2. The summed E-state index contributed by atoms with van der Waals surface area (Å²) >= 11 is 0. The van der Waals surface area contributed by atoms with Gasteiger partial charge in [0.05, 0.1) is 23.3 Å². The molecule has 0 bridgehead atoms. The fourth-order valence-electron chi connectivity index (χ4n) is 3.38. The molecule has 1 heterocycles. The number of nitrogens with zero attached hydrogens (tertiary/aromatic N) is 3. The molecule has 0 amide bonds. The maximum Gasteiger partial charge on any atom is 0.295 e. The van der Waals surface area contributed by atoms with Crippen LogP contribution in [0.1, 0.15) is 5.56 Å². The predicted molar refractivity (Wildman–Crippen MR) is 124 cm³/mol. The molecule has 0 aliphatic carbocycles. The van der Waals surface area contributed by atoms with E-state index in [-0.39, 0.29) is 10.6 Å². The lowest BCUT2D eigenvalue weighted by Crippen LogP contribution is -2.10. The van der Waals surface area contributed by atoms with Crippen LogP contribution in [0.3, 0.4) is 0 Å². The molecule has 0 fully saturated rings. The van der Waals surface area contributed by atoms with Crippen LogP contribution in [0.25, 0.3) is 22.0 Å². The fourth-order valence-corrected chi connectivity index (χ4v) is 4.11. The zero-order valence-corrected chi connectivity index (χ0v) is 17.8. The molecule has 0 aliphatic rings. The first-order valence-corrected chi connectivity index (χ1v) is 11.0. The average Bonchev–Trinajstić information content (AvgIpc) is 2.78. The Hall–Kier alpha value is -4.02. The Bertz CT molecular complexity index is 1420.